The first-order chi connectivity index (χ1) is 8.79. The molecule has 0 radical (unpaired) electrons. The molecule has 1 heterocycles. The van der Waals surface area contributed by atoms with Crippen molar-refractivity contribution in [1.29, 1.82) is 0 Å². The maximum Gasteiger partial charge on any atom is 0.534 e. The Bertz CT molecular complexity index is 645. The van der Waals surface area contributed by atoms with Gasteiger partial charge in [-0.3, -0.25) is 0 Å². The van der Waals surface area contributed by atoms with Gasteiger partial charge in [0, 0.05) is 18.1 Å². The van der Waals surface area contributed by atoms with Gasteiger partial charge in [-0.2, -0.15) is 21.6 Å². The van der Waals surface area contributed by atoms with Gasteiger partial charge >= 0.3 is 15.6 Å². The van der Waals surface area contributed by atoms with Crippen LogP contribution in [0.3, 0.4) is 0 Å². The Hall–Kier alpha value is -1.96. The Labute approximate surface area is 107 Å². The summed E-state index contributed by atoms with van der Waals surface area (Å²) in [5.41, 5.74) is -4.77. The van der Waals surface area contributed by atoms with Crippen LogP contribution in [0.15, 0.2) is 48.8 Å². The molecule has 2 aromatic rings. The summed E-state index contributed by atoms with van der Waals surface area (Å²) in [6.45, 7) is 0. The first-order valence-electron chi connectivity index (χ1n) is 5.04. The third-order valence-corrected chi connectivity index (χ3v) is 3.21. The summed E-state index contributed by atoms with van der Waals surface area (Å²) in [6.07, 6.45) is 3.48. The summed E-state index contributed by atoms with van der Waals surface area (Å²) in [6, 6.07) is 8.75. The molecule has 102 valence electrons. The Morgan fingerprint density at radius 2 is 1.53 bits per heavy atom. The summed E-state index contributed by atoms with van der Waals surface area (Å²) in [5.74, 6) is -0.395. The van der Waals surface area contributed by atoms with E-state index in [-0.39, 0.29) is 0 Å². The zero-order chi connectivity index (χ0) is 14.1. The molecule has 0 aliphatic carbocycles. The van der Waals surface area contributed by atoms with Crippen LogP contribution in [0.25, 0.3) is 5.69 Å². The minimum absolute atomic E-state index is 0.395. The number of aromatic nitrogens is 1. The molecule has 4 nitrogen and oxygen atoms in total. The molecular formula is C11H8F3NO3S. The largest absolute Gasteiger partial charge is 0.534 e. The highest BCUT2D eigenvalue weighted by Crippen LogP contribution is 2.27. The first-order valence-corrected chi connectivity index (χ1v) is 6.44. The molecule has 2 rings (SSSR count). The highest BCUT2D eigenvalue weighted by Gasteiger charge is 2.48. The van der Waals surface area contributed by atoms with Crippen molar-refractivity contribution in [3.05, 3.63) is 48.8 Å². The van der Waals surface area contributed by atoms with E-state index in [4.69, 9.17) is 0 Å². The predicted molar refractivity (Wildman–Crippen MR) is 61.4 cm³/mol. The second-order valence-electron chi connectivity index (χ2n) is 3.57. The van der Waals surface area contributed by atoms with Crippen molar-refractivity contribution < 1.29 is 25.8 Å². The second kappa shape index (κ2) is 4.61. The van der Waals surface area contributed by atoms with E-state index in [0.29, 0.717) is 5.69 Å². The van der Waals surface area contributed by atoms with Crippen molar-refractivity contribution in [2.75, 3.05) is 0 Å². The number of alkyl halides is 3. The predicted octanol–water partition coefficient (Wildman–Crippen LogP) is 2.71. The van der Waals surface area contributed by atoms with E-state index in [1.165, 1.54) is 12.1 Å². The molecule has 8 heteroatoms. The van der Waals surface area contributed by atoms with Crippen LogP contribution in [0.4, 0.5) is 13.2 Å². The van der Waals surface area contributed by atoms with Gasteiger partial charge in [-0.05, 0) is 36.4 Å². The van der Waals surface area contributed by atoms with Gasteiger partial charge in [0.05, 0.1) is 0 Å². The average Bonchev–Trinajstić information content (AvgIpc) is 2.81. The molecule has 0 atom stereocenters. The maximum atomic E-state index is 12.1. The minimum Gasteiger partial charge on any atom is -0.376 e. The normalized spacial score (nSPS) is 12.4. The Morgan fingerprint density at radius 3 is 2.00 bits per heavy atom. The zero-order valence-electron chi connectivity index (χ0n) is 9.33. The topological polar surface area (TPSA) is 48.3 Å². The monoisotopic (exact) mass is 291 g/mol. The van der Waals surface area contributed by atoms with Crippen LogP contribution in [0.5, 0.6) is 5.75 Å². The van der Waals surface area contributed by atoms with Crippen LogP contribution in [0.2, 0.25) is 0 Å². The number of nitrogens with zero attached hydrogens (tertiary/aromatic N) is 1. The summed E-state index contributed by atoms with van der Waals surface area (Å²) in [4.78, 5) is 0. The van der Waals surface area contributed by atoms with E-state index in [9.17, 15) is 21.6 Å². The molecule has 0 amide bonds. The van der Waals surface area contributed by atoms with E-state index in [1.54, 1.807) is 29.1 Å². The fourth-order valence-electron chi connectivity index (χ4n) is 1.35. The molecule has 0 aliphatic heterocycles. The molecule has 0 saturated heterocycles. The van der Waals surface area contributed by atoms with Crippen molar-refractivity contribution in [3.8, 4) is 11.4 Å². The Balaban J connectivity index is 2.21. The first kappa shape index (κ1) is 13.5. The van der Waals surface area contributed by atoms with Gasteiger partial charge in [-0.1, -0.05) is 0 Å². The molecule has 0 spiro atoms. The molecule has 0 N–H and O–H groups in total. The number of hydrogen-bond donors (Lipinski definition) is 0. The lowest BCUT2D eigenvalue weighted by atomic mass is 10.3. The molecular weight excluding hydrogens is 283 g/mol. The van der Waals surface area contributed by atoms with E-state index in [2.05, 4.69) is 4.18 Å². The molecule has 1 aromatic carbocycles. The van der Waals surface area contributed by atoms with Crippen LogP contribution < -0.4 is 4.18 Å². The molecule has 0 bridgehead atoms. The summed E-state index contributed by atoms with van der Waals surface area (Å²) in [5, 5.41) is 0. The lowest BCUT2D eigenvalue weighted by molar-refractivity contribution is -0.0500. The van der Waals surface area contributed by atoms with E-state index >= 15 is 0 Å². The van der Waals surface area contributed by atoms with Crippen LogP contribution in [0.1, 0.15) is 0 Å². The molecule has 0 fully saturated rings. The van der Waals surface area contributed by atoms with Crippen molar-refractivity contribution in [2.45, 2.75) is 5.51 Å². The summed E-state index contributed by atoms with van der Waals surface area (Å²) < 4.78 is 63.6. The van der Waals surface area contributed by atoms with Crippen LogP contribution in [0, 0.1) is 0 Å². The van der Waals surface area contributed by atoms with Crippen molar-refractivity contribution in [3.63, 3.8) is 0 Å². The van der Waals surface area contributed by atoms with Gasteiger partial charge in [-0.15, -0.1) is 0 Å². The molecule has 0 saturated carbocycles. The Morgan fingerprint density at radius 1 is 1.00 bits per heavy atom. The average molecular weight is 291 g/mol. The van der Waals surface area contributed by atoms with E-state index in [1.807, 2.05) is 0 Å². The van der Waals surface area contributed by atoms with Gasteiger partial charge in [0.25, 0.3) is 0 Å². The van der Waals surface area contributed by atoms with Gasteiger partial charge in [0.15, 0.2) is 0 Å². The van der Waals surface area contributed by atoms with Crippen molar-refractivity contribution in [1.82, 2.24) is 4.57 Å². The molecule has 0 unspecified atom stereocenters. The smallest absolute Gasteiger partial charge is 0.376 e. The van der Waals surface area contributed by atoms with E-state index < -0.39 is 21.4 Å². The fraction of sp³-hybridized carbons (Fsp3) is 0.0909. The van der Waals surface area contributed by atoms with Gasteiger partial charge in [0.1, 0.15) is 5.75 Å². The van der Waals surface area contributed by atoms with Crippen LogP contribution >= 0.6 is 0 Å². The summed E-state index contributed by atoms with van der Waals surface area (Å²) >= 11 is 0. The van der Waals surface area contributed by atoms with Crippen LogP contribution in [-0.2, 0) is 10.1 Å². The number of benzene rings is 1. The van der Waals surface area contributed by atoms with E-state index in [0.717, 1.165) is 12.1 Å². The maximum absolute atomic E-state index is 12.1. The standard InChI is InChI=1S/C11H8F3NO3S/c12-11(13,14)19(16,17)18-10-5-3-9(4-6-10)15-7-1-2-8-15/h1-8H. The second-order valence-corrected chi connectivity index (χ2v) is 5.11. The highest BCUT2D eigenvalue weighted by atomic mass is 32.2. The number of rotatable bonds is 3. The summed E-state index contributed by atoms with van der Waals surface area (Å²) in [7, 11) is -5.62. The van der Waals surface area contributed by atoms with Gasteiger partial charge in [-0.25, -0.2) is 0 Å². The third kappa shape index (κ3) is 2.90. The lowest BCUT2D eigenvalue weighted by Gasteiger charge is -2.10. The molecule has 0 aliphatic rings. The third-order valence-electron chi connectivity index (χ3n) is 2.23. The fourth-order valence-corrected chi connectivity index (χ4v) is 1.81. The van der Waals surface area contributed by atoms with Gasteiger partial charge < -0.3 is 8.75 Å². The molecule has 19 heavy (non-hydrogen) atoms. The van der Waals surface area contributed by atoms with Crippen molar-refractivity contribution in [2.24, 2.45) is 0 Å². The minimum atomic E-state index is -5.62. The Kier molecular flexibility index (Phi) is 3.27. The zero-order valence-corrected chi connectivity index (χ0v) is 10.1. The number of hydrogen-bond acceptors (Lipinski definition) is 3. The van der Waals surface area contributed by atoms with Gasteiger partial charge in [0.2, 0.25) is 0 Å². The molecule has 1 aromatic heterocycles. The highest BCUT2D eigenvalue weighted by molar-refractivity contribution is 7.87. The quantitative estimate of drug-likeness (QED) is 0.645. The number of halogens is 3. The SMILES string of the molecule is O=S(=O)(Oc1ccc(-n2cccc2)cc1)C(F)(F)F. The lowest BCUT2D eigenvalue weighted by Crippen LogP contribution is -2.28. The van der Waals surface area contributed by atoms with Crippen LogP contribution in [-0.4, -0.2) is 18.5 Å². The van der Waals surface area contributed by atoms with Crippen molar-refractivity contribution >= 4 is 10.1 Å².